The highest BCUT2D eigenvalue weighted by molar-refractivity contribution is 5.97. The fourth-order valence-electron chi connectivity index (χ4n) is 0.803. The normalized spacial score (nSPS) is 11.7. The Morgan fingerprint density at radius 2 is 2.14 bits per heavy atom. The van der Waals surface area contributed by atoms with Crippen LogP contribution in [0, 0.1) is 0 Å². The van der Waals surface area contributed by atoms with Gasteiger partial charge in [-0.3, -0.25) is 14.6 Å². The van der Waals surface area contributed by atoms with E-state index in [1.54, 1.807) is 13.3 Å². The quantitative estimate of drug-likeness (QED) is 0.465. The molecule has 0 aromatic rings. The van der Waals surface area contributed by atoms with Gasteiger partial charge in [0, 0.05) is 31.6 Å². The second-order valence-electron chi connectivity index (χ2n) is 2.78. The molecule has 5 nitrogen and oxygen atoms in total. The molecule has 0 atom stereocenters. The molecule has 0 aromatic carbocycles. The smallest absolute Gasteiger partial charge is 0.227 e. The largest absolute Gasteiger partial charge is 0.404 e. The zero-order chi connectivity index (χ0) is 11.0. The molecule has 0 fully saturated rings. The first-order chi connectivity index (χ1) is 6.60. The van der Waals surface area contributed by atoms with Crippen molar-refractivity contribution in [2.24, 2.45) is 10.7 Å². The third kappa shape index (κ3) is 5.93. The van der Waals surface area contributed by atoms with E-state index >= 15 is 0 Å². The second-order valence-corrected chi connectivity index (χ2v) is 2.78. The standard InChI is InChI=1S/C9H15N3O2/c1-7(13)3-9(14)12-6-8(4-10)5-11-2/h4-5H,3,6,10H2,1-2H3,(H,12,14)/b8-4+,11-5?. The number of carbonyl (C=O) groups is 2. The van der Waals surface area contributed by atoms with Gasteiger partial charge in [-0.05, 0) is 6.92 Å². The van der Waals surface area contributed by atoms with Crippen LogP contribution in [0.15, 0.2) is 16.8 Å². The van der Waals surface area contributed by atoms with E-state index in [1.807, 2.05) is 0 Å². The van der Waals surface area contributed by atoms with Crippen molar-refractivity contribution < 1.29 is 9.59 Å². The molecule has 0 aliphatic heterocycles. The molecule has 0 spiro atoms. The van der Waals surface area contributed by atoms with Crippen LogP contribution in [0.3, 0.4) is 0 Å². The van der Waals surface area contributed by atoms with E-state index in [2.05, 4.69) is 10.3 Å². The lowest BCUT2D eigenvalue weighted by Crippen LogP contribution is -2.27. The number of nitrogens with two attached hydrogens (primary N) is 1. The molecule has 0 radical (unpaired) electrons. The maximum Gasteiger partial charge on any atom is 0.227 e. The summed E-state index contributed by atoms with van der Waals surface area (Å²) in [6.45, 7) is 1.66. The molecule has 0 saturated carbocycles. The van der Waals surface area contributed by atoms with Crippen LogP contribution in [0.2, 0.25) is 0 Å². The fraction of sp³-hybridized carbons (Fsp3) is 0.444. The first-order valence-corrected chi connectivity index (χ1v) is 4.19. The fourth-order valence-corrected chi connectivity index (χ4v) is 0.803. The highest BCUT2D eigenvalue weighted by atomic mass is 16.2. The van der Waals surface area contributed by atoms with Crippen LogP contribution in [0.1, 0.15) is 13.3 Å². The number of hydrogen-bond acceptors (Lipinski definition) is 4. The molecule has 1 amide bonds. The van der Waals surface area contributed by atoms with Crippen molar-refractivity contribution in [3.05, 3.63) is 11.8 Å². The van der Waals surface area contributed by atoms with Crippen LogP contribution in [-0.4, -0.2) is 31.5 Å². The van der Waals surface area contributed by atoms with Crippen molar-refractivity contribution in [2.45, 2.75) is 13.3 Å². The zero-order valence-electron chi connectivity index (χ0n) is 8.41. The van der Waals surface area contributed by atoms with E-state index in [9.17, 15) is 9.59 Å². The van der Waals surface area contributed by atoms with Crippen LogP contribution in [0.4, 0.5) is 0 Å². The van der Waals surface area contributed by atoms with Crippen LogP contribution in [0.25, 0.3) is 0 Å². The molecule has 0 bridgehead atoms. The third-order valence-corrected chi connectivity index (χ3v) is 1.41. The van der Waals surface area contributed by atoms with Gasteiger partial charge >= 0.3 is 0 Å². The van der Waals surface area contributed by atoms with Gasteiger partial charge in [0.05, 0.1) is 6.42 Å². The van der Waals surface area contributed by atoms with Crippen molar-refractivity contribution >= 4 is 17.9 Å². The molecular weight excluding hydrogens is 182 g/mol. The number of nitrogens with one attached hydrogen (secondary N) is 1. The number of ketones is 1. The summed E-state index contributed by atoms with van der Waals surface area (Å²) in [5.74, 6) is -0.466. The number of aliphatic imine (C=N–C) groups is 1. The second kappa shape index (κ2) is 6.82. The Morgan fingerprint density at radius 3 is 2.57 bits per heavy atom. The summed E-state index contributed by atoms with van der Waals surface area (Å²) in [6, 6.07) is 0. The lowest BCUT2D eigenvalue weighted by Gasteiger charge is -2.03. The lowest BCUT2D eigenvalue weighted by atomic mass is 10.2. The van der Waals surface area contributed by atoms with Gasteiger partial charge in [-0.15, -0.1) is 0 Å². The molecule has 78 valence electrons. The van der Waals surface area contributed by atoms with Gasteiger partial charge in [-0.2, -0.15) is 0 Å². The summed E-state index contributed by atoms with van der Waals surface area (Å²) < 4.78 is 0. The first kappa shape index (κ1) is 12.3. The minimum absolute atomic E-state index is 0.0961. The monoisotopic (exact) mass is 197 g/mol. The van der Waals surface area contributed by atoms with Crippen LogP contribution >= 0.6 is 0 Å². The van der Waals surface area contributed by atoms with Gasteiger partial charge in [-0.25, -0.2) is 0 Å². The van der Waals surface area contributed by atoms with Gasteiger partial charge in [0.1, 0.15) is 5.78 Å². The molecule has 0 aliphatic rings. The summed E-state index contributed by atoms with van der Waals surface area (Å²) in [6.07, 6.45) is 2.82. The molecule has 0 aliphatic carbocycles. The van der Waals surface area contributed by atoms with E-state index in [1.165, 1.54) is 13.1 Å². The zero-order valence-corrected chi connectivity index (χ0v) is 8.41. The summed E-state index contributed by atoms with van der Waals surface area (Å²) in [5, 5.41) is 2.55. The van der Waals surface area contributed by atoms with Crippen LogP contribution < -0.4 is 11.1 Å². The Kier molecular flexibility index (Phi) is 6.02. The topological polar surface area (TPSA) is 84.5 Å². The van der Waals surface area contributed by atoms with E-state index in [-0.39, 0.29) is 18.1 Å². The summed E-state index contributed by atoms with van der Waals surface area (Å²) in [5.41, 5.74) is 5.97. The number of rotatable bonds is 5. The molecular formula is C9H15N3O2. The van der Waals surface area contributed by atoms with E-state index in [0.29, 0.717) is 12.1 Å². The lowest BCUT2D eigenvalue weighted by molar-refractivity contribution is -0.127. The summed E-state index contributed by atoms with van der Waals surface area (Å²) in [4.78, 5) is 25.4. The molecule has 0 aromatic heterocycles. The maximum atomic E-state index is 11.0. The molecule has 0 rings (SSSR count). The van der Waals surface area contributed by atoms with Crippen LogP contribution in [0.5, 0.6) is 0 Å². The highest BCUT2D eigenvalue weighted by Crippen LogP contribution is 1.87. The van der Waals surface area contributed by atoms with E-state index in [0.717, 1.165) is 0 Å². The minimum Gasteiger partial charge on any atom is -0.404 e. The van der Waals surface area contributed by atoms with Crippen LogP contribution in [-0.2, 0) is 9.59 Å². The predicted molar refractivity (Wildman–Crippen MR) is 55.0 cm³/mol. The van der Waals surface area contributed by atoms with Crippen molar-refractivity contribution in [3.8, 4) is 0 Å². The Labute approximate surface area is 83.1 Å². The molecule has 5 heteroatoms. The van der Waals surface area contributed by atoms with Gasteiger partial charge in [0.2, 0.25) is 5.91 Å². The number of carbonyl (C=O) groups excluding carboxylic acids is 2. The summed E-state index contributed by atoms with van der Waals surface area (Å²) in [7, 11) is 1.61. The molecule has 3 N–H and O–H groups in total. The predicted octanol–water partition coefficient (Wildman–Crippen LogP) is -0.375. The number of amides is 1. The van der Waals surface area contributed by atoms with Crippen molar-refractivity contribution in [1.82, 2.24) is 5.32 Å². The van der Waals surface area contributed by atoms with Crippen molar-refractivity contribution in [1.29, 1.82) is 0 Å². The molecule has 0 saturated heterocycles. The maximum absolute atomic E-state index is 11.0. The average Bonchev–Trinajstić information content (AvgIpc) is 2.11. The molecule has 14 heavy (non-hydrogen) atoms. The number of nitrogens with zero attached hydrogens (tertiary/aromatic N) is 1. The third-order valence-electron chi connectivity index (χ3n) is 1.41. The summed E-state index contributed by atoms with van der Waals surface area (Å²) >= 11 is 0. The Balaban J connectivity index is 3.92. The average molecular weight is 197 g/mol. The highest BCUT2D eigenvalue weighted by Gasteiger charge is 2.04. The number of Topliss-reactive ketones (excluding diaryl/α,β-unsaturated/α-hetero) is 1. The Morgan fingerprint density at radius 1 is 1.50 bits per heavy atom. The van der Waals surface area contributed by atoms with Crippen molar-refractivity contribution in [2.75, 3.05) is 13.6 Å². The SMILES string of the molecule is CN=C/C(=C\N)CNC(=O)CC(C)=O. The van der Waals surface area contributed by atoms with Crippen molar-refractivity contribution in [3.63, 3.8) is 0 Å². The Bertz CT molecular complexity index is 269. The number of hydrogen-bond donors (Lipinski definition) is 2. The first-order valence-electron chi connectivity index (χ1n) is 4.19. The Hall–Kier alpha value is -1.65. The van der Waals surface area contributed by atoms with Gasteiger partial charge < -0.3 is 11.1 Å². The molecule has 0 heterocycles. The van der Waals surface area contributed by atoms with E-state index < -0.39 is 0 Å². The van der Waals surface area contributed by atoms with Gasteiger partial charge in [-0.1, -0.05) is 0 Å². The van der Waals surface area contributed by atoms with Gasteiger partial charge in [0.25, 0.3) is 0 Å². The molecule has 0 unspecified atom stereocenters. The van der Waals surface area contributed by atoms with Gasteiger partial charge in [0.15, 0.2) is 0 Å². The van der Waals surface area contributed by atoms with E-state index in [4.69, 9.17) is 5.73 Å². The minimum atomic E-state index is -0.304.